The Morgan fingerprint density at radius 2 is 1.70 bits per heavy atom. The number of aromatic nitrogens is 3. The van der Waals surface area contributed by atoms with Crippen LogP contribution in [0.3, 0.4) is 0 Å². The van der Waals surface area contributed by atoms with Gasteiger partial charge in [-0.05, 0) is 69.6 Å². The summed E-state index contributed by atoms with van der Waals surface area (Å²) in [6.45, 7) is 17.6. The minimum Gasteiger partial charge on any atom is -0.386 e. The molecule has 1 heterocycles. The highest BCUT2D eigenvalue weighted by Gasteiger charge is 2.28. The van der Waals surface area contributed by atoms with Gasteiger partial charge in [0.2, 0.25) is 17.7 Å². The van der Waals surface area contributed by atoms with Crippen molar-refractivity contribution in [2.24, 2.45) is 17.6 Å². The van der Waals surface area contributed by atoms with Gasteiger partial charge >= 0.3 is 0 Å². The van der Waals surface area contributed by atoms with Gasteiger partial charge in [0.1, 0.15) is 30.2 Å². The lowest BCUT2D eigenvalue weighted by atomic mass is 9.98. The van der Waals surface area contributed by atoms with E-state index in [0.29, 0.717) is 24.4 Å². The lowest BCUT2D eigenvalue weighted by molar-refractivity contribution is -0.134. The van der Waals surface area contributed by atoms with Crippen LogP contribution in [0.25, 0.3) is 0 Å². The number of nitrogens with zero attached hydrogens (tertiary/aromatic N) is 3. The van der Waals surface area contributed by atoms with Crippen molar-refractivity contribution in [1.82, 2.24) is 30.9 Å². The first-order valence-corrected chi connectivity index (χ1v) is 18.0. The summed E-state index contributed by atoms with van der Waals surface area (Å²) in [4.78, 5) is 50.1. The molecule has 2 atom stereocenters. The molecule has 0 saturated heterocycles. The Morgan fingerprint density at radius 3 is 2.28 bits per heavy atom. The number of benzene rings is 1. The van der Waals surface area contributed by atoms with Crippen LogP contribution >= 0.6 is 0 Å². The number of hydrogen-bond acceptors (Lipinski definition) is 9. The van der Waals surface area contributed by atoms with Gasteiger partial charge in [0.25, 0.3) is 0 Å². The first-order valence-electron chi connectivity index (χ1n) is 18.0. The molecule has 6 N–H and O–H groups in total. The van der Waals surface area contributed by atoms with Gasteiger partial charge in [-0.1, -0.05) is 71.4 Å². The first kappa shape index (κ1) is 41.9. The van der Waals surface area contributed by atoms with Gasteiger partial charge in [0, 0.05) is 30.6 Å². The number of carbonyl (C=O) groups excluding carboxylic acids is 4. The van der Waals surface area contributed by atoms with Crippen molar-refractivity contribution in [2.45, 2.75) is 118 Å². The SMILES string of the molecule is C=C(N)NCCC.CC(C)C(=O)CCc1ccc(NC(=O)CNC(=O)C(NC(=O)COC2CCCCCc3c2nnn3C(C)C)C(C)C)cc1. The lowest BCUT2D eigenvalue weighted by Gasteiger charge is -2.23. The summed E-state index contributed by atoms with van der Waals surface area (Å²) in [6, 6.07) is 6.65. The summed E-state index contributed by atoms with van der Waals surface area (Å²) in [5, 5.41) is 19.7. The number of nitrogens with two attached hydrogens (primary N) is 1. The van der Waals surface area contributed by atoms with Gasteiger partial charge in [-0.25, -0.2) is 4.68 Å². The van der Waals surface area contributed by atoms with Crippen LogP contribution in [0.2, 0.25) is 0 Å². The van der Waals surface area contributed by atoms with Gasteiger partial charge < -0.3 is 31.7 Å². The van der Waals surface area contributed by atoms with E-state index in [9.17, 15) is 19.2 Å². The zero-order valence-corrected chi connectivity index (χ0v) is 31.1. The van der Waals surface area contributed by atoms with Crippen LogP contribution in [0.15, 0.2) is 36.7 Å². The van der Waals surface area contributed by atoms with Crippen molar-refractivity contribution in [3.63, 3.8) is 0 Å². The Morgan fingerprint density at radius 1 is 1.00 bits per heavy atom. The number of nitrogens with one attached hydrogen (secondary N) is 4. The molecule has 0 saturated carbocycles. The van der Waals surface area contributed by atoms with Crippen molar-refractivity contribution in [2.75, 3.05) is 25.0 Å². The van der Waals surface area contributed by atoms with Gasteiger partial charge in [0.15, 0.2) is 0 Å². The first-order chi connectivity index (χ1) is 23.7. The predicted octanol–water partition coefficient (Wildman–Crippen LogP) is 4.50. The fraction of sp³-hybridized carbons (Fsp3) is 0.622. The van der Waals surface area contributed by atoms with Gasteiger partial charge in [0.05, 0.1) is 18.1 Å². The van der Waals surface area contributed by atoms with Gasteiger partial charge in [-0.2, -0.15) is 0 Å². The van der Waals surface area contributed by atoms with E-state index in [1.165, 1.54) is 0 Å². The minimum absolute atomic E-state index is 0.0175. The van der Waals surface area contributed by atoms with Crippen molar-refractivity contribution in [3.05, 3.63) is 53.6 Å². The van der Waals surface area contributed by atoms with Crippen LogP contribution in [0.1, 0.15) is 116 Å². The second kappa shape index (κ2) is 21.7. The summed E-state index contributed by atoms with van der Waals surface area (Å²) >= 11 is 0. The Labute approximate surface area is 297 Å². The number of hydrogen-bond donors (Lipinski definition) is 5. The summed E-state index contributed by atoms with van der Waals surface area (Å²) in [6.07, 6.45) is 6.64. The van der Waals surface area contributed by atoms with Crippen LogP contribution in [-0.2, 0) is 36.8 Å². The van der Waals surface area contributed by atoms with Crippen LogP contribution in [0.4, 0.5) is 5.69 Å². The molecule has 1 aliphatic carbocycles. The van der Waals surface area contributed by atoms with Crippen LogP contribution in [0, 0.1) is 11.8 Å². The Bertz CT molecular complexity index is 1390. The highest BCUT2D eigenvalue weighted by molar-refractivity contribution is 5.96. The average Bonchev–Trinajstić information content (AvgIpc) is 3.47. The Hall–Kier alpha value is -4.26. The standard InChI is InChI=1S/C32H48N6O5.C5H12N2/c1-20(2)26(39)17-14-23-12-15-24(16-13-23)34-28(40)18-33-32(42)30(21(3)4)35-29(41)19-43-27-11-9-7-8-10-25-31(27)36-37-38(25)22(5)6;1-3-4-7-5(2)6/h12-13,15-16,20-22,27,30H,7-11,14,17-19H2,1-6H3,(H,33,42)(H,34,40)(H,35,41);7H,2-4,6H2,1H3. The monoisotopic (exact) mass is 696 g/mol. The van der Waals surface area contributed by atoms with E-state index in [0.717, 1.165) is 62.0 Å². The number of ether oxygens (including phenoxy) is 1. The lowest BCUT2D eigenvalue weighted by Crippen LogP contribution is -2.51. The second-order valence-corrected chi connectivity index (χ2v) is 13.7. The number of aryl methyl sites for hydroxylation is 1. The van der Waals surface area contributed by atoms with Crippen LogP contribution in [-0.4, -0.2) is 64.2 Å². The third-order valence-corrected chi connectivity index (χ3v) is 8.24. The van der Waals surface area contributed by atoms with Crippen molar-refractivity contribution >= 4 is 29.2 Å². The van der Waals surface area contributed by atoms with Gasteiger partial charge in [-0.3, -0.25) is 19.2 Å². The van der Waals surface area contributed by atoms with Crippen molar-refractivity contribution < 1.29 is 23.9 Å². The molecular formula is C37H60N8O5. The molecule has 3 amide bonds. The largest absolute Gasteiger partial charge is 0.386 e. The number of rotatable bonds is 17. The summed E-state index contributed by atoms with van der Waals surface area (Å²) < 4.78 is 7.96. The number of Topliss-reactive ketones (excluding diaryl/α,β-unsaturated/α-hetero) is 1. The molecule has 2 aromatic rings. The molecule has 13 heteroatoms. The summed E-state index contributed by atoms with van der Waals surface area (Å²) in [5.41, 5.74) is 8.63. The molecule has 0 fully saturated rings. The number of anilines is 1. The fourth-order valence-electron chi connectivity index (χ4n) is 5.34. The zero-order valence-electron chi connectivity index (χ0n) is 31.1. The molecule has 278 valence electrons. The summed E-state index contributed by atoms with van der Waals surface area (Å²) in [7, 11) is 0. The highest BCUT2D eigenvalue weighted by atomic mass is 16.5. The second-order valence-electron chi connectivity index (χ2n) is 13.7. The maximum atomic E-state index is 12.9. The molecule has 1 aliphatic rings. The Kier molecular flexibility index (Phi) is 18.2. The molecular weight excluding hydrogens is 636 g/mol. The maximum absolute atomic E-state index is 12.9. The number of ketones is 1. The molecule has 0 aliphatic heterocycles. The Balaban J connectivity index is 0.00000112. The van der Waals surface area contributed by atoms with E-state index in [1.54, 1.807) is 12.1 Å². The highest BCUT2D eigenvalue weighted by Crippen LogP contribution is 2.30. The predicted molar refractivity (Wildman–Crippen MR) is 196 cm³/mol. The van der Waals surface area contributed by atoms with E-state index in [2.05, 4.69) is 58.9 Å². The van der Waals surface area contributed by atoms with Gasteiger partial charge in [-0.15, -0.1) is 5.10 Å². The number of fused-ring (bicyclic) bond motifs is 1. The third-order valence-electron chi connectivity index (χ3n) is 8.24. The molecule has 50 heavy (non-hydrogen) atoms. The molecule has 0 spiro atoms. The summed E-state index contributed by atoms with van der Waals surface area (Å²) in [5.74, 6) is -0.656. The number of amides is 3. The molecule has 1 aromatic carbocycles. The van der Waals surface area contributed by atoms with Crippen molar-refractivity contribution in [1.29, 1.82) is 0 Å². The minimum atomic E-state index is -0.827. The number of carbonyl (C=O) groups is 4. The van der Waals surface area contributed by atoms with E-state index < -0.39 is 17.9 Å². The van der Waals surface area contributed by atoms with E-state index >= 15 is 0 Å². The van der Waals surface area contributed by atoms with Crippen molar-refractivity contribution in [3.8, 4) is 0 Å². The quantitative estimate of drug-likeness (QED) is 0.159. The maximum Gasteiger partial charge on any atom is 0.246 e. The van der Waals surface area contributed by atoms with Crippen LogP contribution in [0.5, 0.6) is 0 Å². The zero-order chi connectivity index (χ0) is 37.2. The molecule has 0 bridgehead atoms. The third kappa shape index (κ3) is 14.7. The van der Waals surface area contributed by atoms with Crippen LogP contribution < -0.4 is 27.0 Å². The fourth-order valence-corrected chi connectivity index (χ4v) is 5.34. The molecule has 0 radical (unpaired) electrons. The van der Waals surface area contributed by atoms with E-state index in [-0.39, 0.29) is 48.8 Å². The molecule has 13 nitrogen and oxygen atoms in total. The normalized spacial score (nSPS) is 14.8. The smallest absolute Gasteiger partial charge is 0.246 e. The molecule has 3 rings (SSSR count). The average molecular weight is 697 g/mol. The van der Waals surface area contributed by atoms with E-state index in [4.69, 9.17) is 10.5 Å². The topological polar surface area (TPSA) is 182 Å². The van der Waals surface area contributed by atoms with E-state index in [1.807, 2.05) is 44.5 Å². The molecule has 1 aromatic heterocycles. The molecule has 2 unspecified atom stereocenters.